The Morgan fingerprint density at radius 2 is 2.36 bits per heavy atom. The van der Waals surface area contributed by atoms with Crippen molar-refractivity contribution in [3.63, 3.8) is 0 Å². The Hall–Kier alpha value is -0.790. The lowest BCUT2D eigenvalue weighted by molar-refractivity contribution is 0.294. The zero-order valence-corrected chi connectivity index (χ0v) is 6.47. The summed E-state index contributed by atoms with van der Waals surface area (Å²) in [6.07, 6.45) is 2.51. The number of piperazine rings is 1. The lowest BCUT2D eigenvalue weighted by atomic mass is 10.3. The van der Waals surface area contributed by atoms with E-state index in [1.54, 1.807) is 0 Å². The van der Waals surface area contributed by atoms with Gasteiger partial charge in [-0.05, 0) is 12.8 Å². The predicted octanol–water partition coefficient (Wildman–Crippen LogP) is -0.231. The summed E-state index contributed by atoms with van der Waals surface area (Å²) in [4.78, 5) is 12.7. The second kappa shape index (κ2) is 2.68. The standard InChI is InChI=1S/C8H12N2O/c11-6-8-5-9-3-4-10(8)7-1-2-7/h7,9H,1-5H2. The number of nitrogens with zero attached hydrogens (tertiary/aromatic N) is 1. The fraction of sp³-hybridized carbons (Fsp3) is 0.750. The first-order valence-electron chi connectivity index (χ1n) is 4.13. The van der Waals surface area contributed by atoms with E-state index in [2.05, 4.69) is 10.2 Å². The quantitative estimate of drug-likeness (QED) is 0.527. The summed E-state index contributed by atoms with van der Waals surface area (Å²) in [6, 6.07) is 0.661. The molecule has 0 aromatic heterocycles. The summed E-state index contributed by atoms with van der Waals surface area (Å²) < 4.78 is 0. The molecule has 3 heteroatoms. The van der Waals surface area contributed by atoms with Crippen LogP contribution in [0.15, 0.2) is 5.70 Å². The summed E-state index contributed by atoms with van der Waals surface area (Å²) >= 11 is 0. The maximum absolute atomic E-state index is 10.5. The Morgan fingerprint density at radius 1 is 1.55 bits per heavy atom. The maximum atomic E-state index is 10.5. The molecule has 2 aliphatic rings. The van der Waals surface area contributed by atoms with E-state index in [9.17, 15) is 4.79 Å². The van der Waals surface area contributed by atoms with Crippen molar-refractivity contribution in [2.75, 3.05) is 19.6 Å². The summed E-state index contributed by atoms with van der Waals surface area (Å²) in [5.74, 6) is 2.01. The van der Waals surface area contributed by atoms with E-state index in [0.29, 0.717) is 12.6 Å². The second-order valence-corrected chi connectivity index (χ2v) is 3.15. The normalized spacial score (nSPS) is 25.1. The van der Waals surface area contributed by atoms with Crippen molar-refractivity contribution in [3.8, 4) is 0 Å². The fourth-order valence-corrected chi connectivity index (χ4v) is 1.53. The Labute approximate surface area is 66.1 Å². The van der Waals surface area contributed by atoms with Crippen molar-refractivity contribution in [2.45, 2.75) is 18.9 Å². The summed E-state index contributed by atoms with van der Waals surface area (Å²) in [5, 5.41) is 3.16. The Balaban J connectivity index is 2.08. The van der Waals surface area contributed by atoms with Crippen molar-refractivity contribution in [1.29, 1.82) is 0 Å². The molecule has 11 heavy (non-hydrogen) atoms. The minimum absolute atomic E-state index is 0.661. The van der Waals surface area contributed by atoms with Crippen LogP contribution in [0.3, 0.4) is 0 Å². The molecule has 1 saturated heterocycles. The molecule has 1 aliphatic heterocycles. The van der Waals surface area contributed by atoms with Crippen LogP contribution in [0.25, 0.3) is 0 Å². The molecule has 1 heterocycles. The molecule has 2 rings (SSSR count). The highest BCUT2D eigenvalue weighted by atomic mass is 16.1. The molecule has 3 nitrogen and oxygen atoms in total. The molecule has 0 radical (unpaired) electrons. The highest BCUT2D eigenvalue weighted by Gasteiger charge is 2.31. The van der Waals surface area contributed by atoms with Crippen molar-refractivity contribution in [3.05, 3.63) is 5.70 Å². The van der Waals surface area contributed by atoms with E-state index in [-0.39, 0.29) is 0 Å². The summed E-state index contributed by atoms with van der Waals surface area (Å²) in [6.45, 7) is 2.69. The Kier molecular flexibility index (Phi) is 1.68. The van der Waals surface area contributed by atoms with Gasteiger partial charge < -0.3 is 10.2 Å². The fourth-order valence-electron chi connectivity index (χ4n) is 1.53. The van der Waals surface area contributed by atoms with Gasteiger partial charge in [0, 0.05) is 25.7 Å². The van der Waals surface area contributed by atoms with Crippen LogP contribution in [-0.4, -0.2) is 36.5 Å². The molecule has 0 aromatic carbocycles. The highest BCUT2D eigenvalue weighted by Crippen LogP contribution is 2.29. The third-order valence-corrected chi connectivity index (χ3v) is 2.27. The van der Waals surface area contributed by atoms with E-state index in [1.807, 2.05) is 5.94 Å². The third-order valence-electron chi connectivity index (χ3n) is 2.27. The molecule has 1 saturated carbocycles. The summed E-state index contributed by atoms with van der Waals surface area (Å²) in [5.41, 5.74) is 0.818. The molecule has 0 amide bonds. The van der Waals surface area contributed by atoms with E-state index in [1.165, 1.54) is 12.8 Å². The topological polar surface area (TPSA) is 32.3 Å². The van der Waals surface area contributed by atoms with Gasteiger partial charge in [0.25, 0.3) is 0 Å². The SMILES string of the molecule is O=C=C1CNCCN1C1CC1. The van der Waals surface area contributed by atoms with Gasteiger partial charge in [0.15, 0.2) is 0 Å². The Bertz CT molecular complexity index is 204. The van der Waals surface area contributed by atoms with E-state index < -0.39 is 0 Å². The second-order valence-electron chi connectivity index (χ2n) is 3.15. The first-order chi connectivity index (χ1) is 5.42. The van der Waals surface area contributed by atoms with Crippen LogP contribution in [0.2, 0.25) is 0 Å². The smallest absolute Gasteiger partial charge is 0.147 e. The van der Waals surface area contributed by atoms with Crippen molar-refractivity contribution in [1.82, 2.24) is 10.2 Å². The molecule has 0 spiro atoms. The highest BCUT2D eigenvalue weighted by molar-refractivity contribution is 5.53. The first-order valence-corrected chi connectivity index (χ1v) is 4.13. The third kappa shape index (κ3) is 1.30. The summed E-state index contributed by atoms with van der Waals surface area (Å²) in [7, 11) is 0. The van der Waals surface area contributed by atoms with Gasteiger partial charge >= 0.3 is 0 Å². The van der Waals surface area contributed by atoms with Gasteiger partial charge in [-0.3, -0.25) is 0 Å². The molecule has 1 aliphatic carbocycles. The maximum Gasteiger partial charge on any atom is 0.147 e. The van der Waals surface area contributed by atoms with Gasteiger partial charge in [-0.15, -0.1) is 0 Å². The monoisotopic (exact) mass is 152 g/mol. The van der Waals surface area contributed by atoms with Crippen LogP contribution in [0.5, 0.6) is 0 Å². The largest absolute Gasteiger partial charge is 0.361 e. The molecule has 0 aromatic rings. The van der Waals surface area contributed by atoms with E-state index in [4.69, 9.17) is 0 Å². The average Bonchev–Trinajstić information content (AvgIpc) is 2.87. The lowest BCUT2D eigenvalue weighted by Crippen LogP contribution is -2.43. The minimum atomic E-state index is 0.661. The Morgan fingerprint density at radius 3 is 3.00 bits per heavy atom. The van der Waals surface area contributed by atoms with Gasteiger partial charge in [-0.1, -0.05) is 0 Å². The van der Waals surface area contributed by atoms with E-state index in [0.717, 1.165) is 18.8 Å². The molecular weight excluding hydrogens is 140 g/mol. The molecule has 0 bridgehead atoms. The van der Waals surface area contributed by atoms with Gasteiger partial charge in [0.05, 0.1) is 0 Å². The van der Waals surface area contributed by atoms with Crippen LogP contribution in [0, 0.1) is 0 Å². The van der Waals surface area contributed by atoms with Crippen LogP contribution in [0.4, 0.5) is 0 Å². The first kappa shape index (κ1) is 6.89. The van der Waals surface area contributed by atoms with E-state index >= 15 is 0 Å². The van der Waals surface area contributed by atoms with Gasteiger partial charge in [-0.25, -0.2) is 4.79 Å². The number of carbonyl (C=O) groups excluding carboxylic acids is 1. The minimum Gasteiger partial charge on any atom is -0.361 e. The molecule has 60 valence electrons. The molecule has 0 unspecified atom stereocenters. The van der Waals surface area contributed by atoms with Crippen LogP contribution >= 0.6 is 0 Å². The zero-order valence-electron chi connectivity index (χ0n) is 6.47. The number of rotatable bonds is 1. The lowest BCUT2D eigenvalue weighted by Gasteiger charge is -2.29. The number of nitrogens with one attached hydrogen (secondary N) is 1. The number of hydrogen-bond donors (Lipinski definition) is 1. The molecule has 1 N–H and O–H groups in total. The molecule has 2 fully saturated rings. The zero-order chi connectivity index (χ0) is 7.68. The van der Waals surface area contributed by atoms with Crippen molar-refractivity contribution < 1.29 is 4.79 Å². The molecule has 0 atom stereocenters. The van der Waals surface area contributed by atoms with Gasteiger partial charge in [-0.2, -0.15) is 0 Å². The van der Waals surface area contributed by atoms with Gasteiger partial charge in [0.1, 0.15) is 11.6 Å². The van der Waals surface area contributed by atoms with Crippen LogP contribution < -0.4 is 5.32 Å². The average molecular weight is 152 g/mol. The number of hydrogen-bond acceptors (Lipinski definition) is 3. The van der Waals surface area contributed by atoms with Crippen molar-refractivity contribution in [2.24, 2.45) is 0 Å². The van der Waals surface area contributed by atoms with Crippen molar-refractivity contribution >= 4 is 5.94 Å². The predicted molar refractivity (Wildman–Crippen MR) is 41.8 cm³/mol. The molecular formula is C8H12N2O. The van der Waals surface area contributed by atoms with Crippen LogP contribution in [0.1, 0.15) is 12.8 Å². The van der Waals surface area contributed by atoms with Gasteiger partial charge in [0.2, 0.25) is 0 Å². The van der Waals surface area contributed by atoms with Crippen LogP contribution in [-0.2, 0) is 4.79 Å².